The zero-order chi connectivity index (χ0) is 15.5. The van der Waals surface area contributed by atoms with Gasteiger partial charge in [0.05, 0.1) is 17.2 Å². The third-order valence-corrected chi connectivity index (χ3v) is 6.22. The molecule has 1 saturated heterocycles. The zero-order valence-electron chi connectivity index (χ0n) is 13.3. The molecule has 0 radical (unpaired) electrons. The monoisotopic (exact) mass is 313 g/mol. The van der Waals surface area contributed by atoms with Crippen molar-refractivity contribution in [2.24, 2.45) is 5.92 Å². The van der Waals surface area contributed by atoms with E-state index >= 15 is 0 Å². The normalized spacial score (nSPS) is 22.5. The van der Waals surface area contributed by atoms with Gasteiger partial charge in [-0.2, -0.15) is 5.10 Å². The maximum Gasteiger partial charge on any atom is 0.150 e. The summed E-state index contributed by atoms with van der Waals surface area (Å²) < 4.78 is 25.2. The highest BCUT2D eigenvalue weighted by atomic mass is 32.2. The van der Waals surface area contributed by atoms with Crippen LogP contribution in [0.25, 0.3) is 0 Å². The molecule has 0 amide bonds. The lowest BCUT2D eigenvalue weighted by Gasteiger charge is -2.19. The van der Waals surface area contributed by atoms with Crippen LogP contribution in [-0.2, 0) is 29.2 Å². The molecule has 2 rings (SSSR count). The van der Waals surface area contributed by atoms with Crippen LogP contribution in [0.4, 0.5) is 0 Å². The molecule has 1 aliphatic rings. The van der Waals surface area contributed by atoms with Crippen LogP contribution in [0.15, 0.2) is 6.07 Å². The van der Waals surface area contributed by atoms with E-state index < -0.39 is 9.84 Å². The average molecular weight is 313 g/mol. The minimum atomic E-state index is -2.78. The Hall–Kier alpha value is -0.880. The van der Waals surface area contributed by atoms with Gasteiger partial charge in [0, 0.05) is 24.7 Å². The van der Waals surface area contributed by atoms with E-state index in [-0.39, 0.29) is 0 Å². The summed E-state index contributed by atoms with van der Waals surface area (Å²) in [6.45, 7) is 5.10. The van der Waals surface area contributed by atoms with Crippen LogP contribution in [0.2, 0.25) is 0 Å². The van der Waals surface area contributed by atoms with Crippen molar-refractivity contribution >= 4 is 9.84 Å². The number of aryl methyl sites for hydroxylation is 2. The van der Waals surface area contributed by atoms with Crippen LogP contribution in [0.1, 0.15) is 38.1 Å². The maximum atomic E-state index is 11.6. The molecular formula is C15H27N3O2S. The smallest absolute Gasteiger partial charge is 0.150 e. The highest BCUT2D eigenvalue weighted by Gasteiger charge is 2.29. The van der Waals surface area contributed by atoms with E-state index in [9.17, 15) is 8.42 Å². The first-order chi connectivity index (χ1) is 9.97. The van der Waals surface area contributed by atoms with Crippen molar-refractivity contribution in [3.8, 4) is 0 Å². The standard InChI is InChI=1S/C15H27N3O2S/c1-4-13-9-15(18(5-2)17-13)10-14(16-3)8-12-6-7-21(19,20)11-12/h9,12,14,16H,4-8,10-11H2,1-3H3. The molecule has 0 saturated carbocycles. The number of nitrogens with zero attached hydrogens (tertiary/aromatic N) is 2. The van der Waals surface area contributed by atoms with Gasteiger partial charge in [0.15, 0.2) is 9.84 Å². The lowest BCUT2D eigenvalue weighted by Crippen LogP contribution is -2.31. The number of aromatic nitrogens is 2. The Balaban J connectivity index is 2.00. The Morgan fingerprint density at radius 1 is 1.48 bits per heavy atom. The lowest BCUT2D eigenvalue weighted by atomic mass is 9.96. The first-order valence-electron chi connectivity index (χ1n) is 7.90. The van der Waals surface area contributed by atoms with Crippen molar-refractivity contribution in [1.29, 1.82) is 0 Å². The van der Waals surface area contributed by atoms with Gasteiger partial charge in [0.2, 0.25) is 0 Å². The Morgan fingerprint density at radius 3 is 2.76 bits per heavy atom. The van der Waals surface area contributed by atoms with E-state index in [4.69, 9.17) is 0 Å². The van der Waals surface area contributed by atoms with Gasteiger partial charge in [-0.15, -0.1) is 0 Å². The summed E-state index contributed by atoms with van der Waals surface area (Å²) >= 11 is 0. The molecule has 2 heterocycles. The molecule has 1 N–H and O–H groups in total. The molecule has 2 atom stereocenters. The highest BCUT2D eigenvalue weighted by molar-refractivity contribution is 7.91. The number of hydrogen-bond acceptors (Lipinski definition) is 4. The largest absolute Gasteiger partial charge is 0.317 e. The van der Waals surface area contributed by atoms with E-state index in [0.29, 0.717) is 23.5 Å². The molecule has 1 aliphatic heterocycles. The van der Waals surface area contributed by atoms with Gasteiger partial charge >= 0.3 is 0 Å². The summed E-state index contributed by atoms with van der Waals surface area (Å²) in [7, 11) is -0.820. The summed E-state index contributed by atoms with van der Waals surface area (Å²) in [5, 5.41) is 7.93. The number of hydrogen-bond donors (Lipinski definition) is 1. The number of nitrogens with one attached hydrogen (secondary N) is 1. The topological polar surface area (TPSA) is 64.0 Å². The second-order valence-corrected chi connectivity index (χ2v) is 8.22. The fourth-order valence-electron chi connectivity index (χ4n) is 3.14. The van der Waals surface area contributed by atoms with Crippen molar-refractivity contribution in [3.63, 3.8) is 0 Å². The summed E-state index contributed by atoms with van der Waals surface area (Å²) in [6.07, 6.45) is 3.60. The SMILES string of the molecule is CCc1cc(CC(CC2CCS(=O)(=O)C2)NC)n(CC)n1. The van der Waals surface area contributed by atoms with Crippen LogP contribution < -0.4 is 5.32 Å². The van der Waals surface area contributed by atoms with Crippen LogP contribution in [0, 0.1) is 5.92 Å². The summed E-state index contributed by atoms with van der Waals surface area (Å²) in [5.41, 5.74) is 2.37. The third kappa shape index (κ3) is 4.30. The fourth-order valence-corrected chi connectivity index (χ4v) is 5.02. The molecule has 1 aromatic heterocycles. The van der Waals surface area contributed by atoms with Gasteiger partial charge < -0.3 is 5.32 Å². The van der Waals surface area contributed by atoms with E-state index in [1.165, 1.54) is 5.69 Å². The second-order valence-electron chi connectivity index (χ2n) is 5.99. The Morgan fingerprint density at radius 2 is 2.24 bits per heavy atom. The first-order valence-corrected chi connectivity index (χ1v) is 9.72. The number of sulfone groups is 1. The van der Waals surface area contributed by atoms with Crippen LogP contribution >= 0.6 is 0 Å². The molecular weight excluding hydrogens is 286 g/mol. The van der Waals surface area contributed by atoms with Gasteiger partial charge in [0.1, 0.15) is 0 Å². The van der Waals surface area contributed by atoms with Crippen molar-refractivity contribution in [2.45, 2.75) is 52.1 Å². The number of likely N-dealkylation sites (N-methyl/N-ethyl adjacent to an activating group) is 1. The predicted molar refractivity (Wildman–Crippen MR) is 85.2 cm³/mol. The van der Waals surface area contributed by atoms with Gasteiger partial charge in [-0.1, -0.05) is 6.92 Å². The second kappa shape index (κ2) is 6.92. The molecule has 21 heavy (non-hydrogen) atoms. The van der Waals surface area contributed by atoms with Gasteiger partial charge in [-0.25, -0.2) is 8.42 Å². The molecule has 1 fully saturated rings. The average Bonchev–Trinajstić information content (AvgIpc) is 3.00. The molecule has 2 unspecified atom stereocenters. The van der Waals surface area contributed by atoms with Crippen molar-refractivity contribution in [2.75, 3.05) is 18.6 Å². The minimum Gasteiger partial charge on any atom is -0.317 e. The summed E-state index contributed by atoms with van der Waals surface area (Å²) in [6, 6.07) is 2.49. The molecule has 0 spiro atoms. The first kappa shape index (κ1) is 16.5. The molecule has 1 aromatic rings. The van der Waals surface area contributed by atoms with Crippen molar-refractivity contribution in [1.82, 2.24) is 15.1 Å². The molecule has 0 aliphatic carbocycles. The Kier molecular flexibility index (Phi) is 5.43. The van der Waals surface area contributed by atoms with Gasteiger partial charge in [-0.3, -0.25) is 4.68 Å². The maximum absolute atomic E-state index is 11.6. The third-order valence-electron chi connectivity index (χ3n) is 4.38. The molecule has 120 valence electrons. The van der Waals surface area contributed by atoms with E-state index in [1.807, 2.05) is 7.05 Å². The summed E-state index contributed by atoms with van der Waals surface area (Å²) in [4.78, 5) is 0. The quantitative estimate of drug-likeness (QED) is 0.827. The van der Waals surface area contributed by atoms with E-state index in [1.54, 1.807) is 0 Å². The van der Waals surface area contributed by atoms with Gasteiger partial charge in [0.25, 0.3) is 0 Å². The molecule has 0 bridgehead atoms. The Bertz CT molecular complexity index is 565. The molecule has 5 nitrogen and oxygen atoms in total. The lowest BCUT2D eigenvalue weighted by molar-refractivity contribution is 0.414. The van der Waals surface area contributed by atoms with Crippen LogP contribution in [0.5, 0.6) is 0 Å². The van der Waals surface area contributed by atoms with Crippen molar-refractivity contribution < 1.29 is 8.42 Å². The van der Waals surface area contributed by atoms with Crippen LogP contribution in [0.3, 0.4) is 0 Å². The van der Waals surface area contributed by atoms with Gasteiger partial charge in [-0.05, 0) is 45.2 Å². The van der Waals surface area contributed by atoms with E-state index in [2.05, 4.69) is 35.0 Å². The van der Waals surface area contributed by atoms with Crippen molar-refractivity contribution in [3.05, 3.63) is 17.5 Å². The fraction of sp³-hybridized carbons (Fsp3) is 0.800. The highest BCUT2D eigenvalue weighted by Crippen LogP contribution is 2.24. The predicted octanol–water partition coefficient (Wildman–Crippen LogP) is 1.42. The van der Waals surface area contributed by atoms with E-state index in [0.717, 1.165) is 37.9 Å². The zero-order valence-corrected chi connectivity index (χ0v) is 14.1. The van der Waals surface area contributed by atoms with Crippen LogP contribution in [-0.4, -0.2) is 42.8 Å². The number of rotatable bonds is 7. The minimum absolute atomic E-state index is 0.302. The summed E-state index contributed by atoms with van der Waals surface area (Å²) in [5.74, 6) is 1.02. The molecule has 0 aromatic carbocycles. The molecule has 6 heteroatoms. The Labute approximate surface area is 128 Å².